The van der Waals surface area contributed by atoms with Crippen LogP contribution in [0.15, 0.2) is 18.2 Å². The lowest BCUT2D eigenvalue weighted by atomic mass is 10.1. The number of aromatic amines is 1. The maximum Gasteiger partial charge on any atom is 0.180 e. The number of morpholine rings is 1. The summed E-state index contributed by atoms with van der Waals surface area (Å²) in [6.45, 7) is 4.71. The fraction of sp³-hybridized carbons (Fsp3) is 0.467. The van der Waals surface area contributed by atoms with E-state index in [0.29, 0.717) is 36.0 Å². The zero-order valence-electron chi connectivity index (χ0n) is 12.4. The predicted molar refractivity (Wildman–Crippen MR) is 81.4 cm³/mol. The zero-order valence-corrected chi connectivity index (χ0v) is 13.1. The van der Waals surface area contributed by atoms with Crippen LogP contribution in [0.5, 0.6) is 0 Å². The van der Waals surface area contributed by atoms with Crippen molar-refractivity contribution in [2.75, 3.05) is 26.2 Å². The van der Waals surface area contributed by atoms with Crippen molar-refractivity contribution < 1.29 is 9.13 Å². The second-order valence-corrected chi connectivity index (χ2v) is 5.80. The number of hydrogen-bond acceptors (Lipinski definition) is 4. The van der Waals surface area contributed by atoms with E-state index in [2.05, 4.69) is 20.1 Å². The molecule has 5 nitrogen and oxygen atoms in total. The van der Waals surface area contributed by atoms with Crippen molar-refractivity contribution in [2.45, 2.75) is 19.4 Å². The van der Waals surface area contributed by atoms with E-state index in [4.69, 9.17) is 16.3 Å². The average molecular weight is 325 g/mol. The fourth-order valence-electron chi connectivity index (χ4n) is 2.61. The van der Waals surface area contributed by atoms with Gasteiger partial charge in [-0.3, -0.25) is 10.00 Å². The lowest BCUT2D eigenvalue weighted by molar-refractivity contribution is -0.0338. The van der Waals surface area contributed by atoms with Gasteiger partial charge in [0.05, 0.1) is 6.61 Å². The number of aromatic nitrogens is 3. The van der Waals surface area contributed by atoms with E-state index in [0.717, 1.165) is 18.9 Å². The highest BCUT2D eigenvalue weighted by molar-refractivity contribution is 6.31. The van der Waals surface area contributed by atoms with Gasteiger partial charge in [0.2, 0.25) is 0 Å². The fourth-order valence-corrected chi connectivity index (χ4v) is 2.86. The topological polar surface area (TPSA) is 54.0 Å². The zero-order chi connectivity index (χ0) is 15.5. The molecule has 7 heteroatoms. The first kappa shape index (κ1) is 15.4. The molecule has 1 aromatic carbocycles. The Hall–Kier alpha value is -1.50. The van der Waals surface area contributed by atoms with Gasteiger partial charge in [-0.25, -0.2) is 9.37 Å². The van der Waals surface area contributed by atoms with Gasteiger partial charge in [-0.15, -0.1) is 0 Å². The van der Waals surface area contributed by atoms with Gasteiger partial charge in [-0.05, 0) is 25.5 Å². The molecule has 1 aliphatic rings. The van der Waals surface area contributed by atoms with Crippen LogP contribution in [0.3, 0.4) is 0 Å². The molecule has 0 saturated carbocycles. The first-order valence-electron chi connectivity index (χ1n) is 7.29. The van der Waals surface area contributed by atoms with Crippen LogP contribution in [0, 0.1) is 12.7 Å². The van der Waals surface area contributed by atoms with E-state index in [9.17, 15) is 4.39 Å². The van der Waals surface area contributed by atoms with Crippen LogP contribution in [-0.2, 0) is 11.2 Å². The quantitative estimate of drug-likeness (QED) is 0.939. The molecule has 0 amide bonds. The minimum Gasteiger partial charge on any atom is -0.367 e. The van der Waals surface area contributed by atoms with Gasteiger partial charge in [0, 0.05) is 30.2 Å². The summed E-state index contributed by atoms with van der Waals surface area (Å²) >= 11 is 6.07. The first-order chi connectivity index (χ1) is 10.6. The van der Waals surface area contributed by atoms with Crippen molar-refractivity contribution in [3.8, 4) is 0 Å². The summed E-state index contributed by atoms with van der Waals surface area (Å²) in [7, 11) is 0. The van der Waals surface area contributed by atoms with Crippen molar-refractivity contribution in [3.63, 3.8) is 0 Å². The average Bonchev–Trinajstić information content (AvgIpc) is 2.94. The third-order valence-corrected chi connectivity index (χ3v) is 4.15. The molecule has 1 N–H and O–H groups in total. The number of nitrogens with one attached hydrogen (secondary N) is 1. The molecule has 22 heavy (non-hydrogen) atoms. The molecule has 0 bridgehead atoms. The molecular weight excluding hydrogens is 307 g/mol. The van der Waals surface area contributed by atoms with Crippen LogP contribution in [0.2, 0.25) is 5.02 Å². The SMILES string of the molecule is Cc1nc([C@H]2CN(CCc3c(F)cccc3Cl)CCO2)n[nH]1. The van der Waals surface area contributed by atoms with Crippen molar-refractivity contribution in [3.05, 3.63) is 46.3 Å². The molecule has 1 aromatic heterocycles. The molecular formula is C15H18ClFN4O. The molecule has 118 valence electrons. The van der Waals surface area contributed by atoms with Gasteiger partial charge in [0.15, 0.2) is 5.82 Å². The third-order valence-electron chi connectivity index (χ3n) is 3.79. The Balaban J connectivity index is 1.61. The highest BCUT2D eigenvalue weighted by Gasteiger charge is 2.25. The lowest BCUT2D eigenvalue weighted by Gasteiger charge is -2.31. The molecule has 0 spiro atoms. The van der Waals surface area contributed by atoms with Gasteiger partial charge in [0.25, 0.3) is 0 Å². The van der Waals surface area contributed by atoms with E-state index in [1.165, 1.54) is 6.07 Å². The van der Waals surface area contributed by atoms with Crippen LogP contribution in [-0.4, -0.2) is 46.3 Å². The van der Waals surface area contributed by atoms with E-state index in [1.807, 2.05) is 6.92 Å². The van der Waals surface area contributed by atoms with E-state index in [-0.39, 0.29) is 11.9 Å². The Morgan fingerprint density at radius 1 is 1.50 bits per heavy atom. The summed E-state index contributed by atoms with van der Waals surface area (Å²) in [6.07, 6.45) is 0.431. The summed E-state index contributed by atoms with van der Waals surface area (Å²) in [5.74, 6) is 1.20. The summed E-state index contributed by atoms with van der Waals surface area (Å²) in [5.41, 5.74) is 0.570. The Morgan fingerprint density at radius 2 is 2.36 bits per heavy atom. The molecule has 0 radical (unpaired) electrons. The number of aryl methyl sites for hydroxylation is 1. The minimum atomic E-state index is -0.248. The van der Waals surface area contributed by atoms with Crippen molar-refractivity contribution in [1.29, 1.82) is 0 Å². The summed E-state index contributed by atoms with van der Waals surface area (Å²) in [6, 6.07) is 4.79. The van der Waals surface area contributed by atoms with Crippen LogP contribution in [0.1, 0.15) is 23.3 Å². The maximum atomic E-state index is 13.8. The molecule has 0 unspecified atom stereocenters. The Labute approximate surface area is 133 Å². The van der Waals surface area contributed by atoms with Gasteiger partial charge >= 0.3 is 0 Å². The van der Waals surface area contributed by atoms with Crippen molar-refractivity contribution in [2.24, 2.45) is 0 Å². The number of rotatable bonds is 4. The smallest absolute Gasteiger partial charge is 0.180 e. The summed E-state index contributed by atoms with van der Waals surface area (Å²) in [4.78, 5) is 6.54. The molecule has 1 atom stereocenters. The van der Waals surface area contributed by atoms with Crippen LogP contribution < -0.4 is 0 Å². The second kappa shape index (κ2) is 6.73. The van der Waals surface area contributed by atoms with Gasteiger partial charge in [-0.2, -0.15) is 5.10 Å². The third kappa shape index (κ3) is 3.45. The Morgan fingerprint density at radius 3 is 3.09 bits per heavy atom. The van der Waals surface area contributed by atoms with Gasteiger partial charge in [0.1, 0.15) is 17.7 Å². The Kier molecular flexibility index (Phi) is 4.71. The van der Waals surface area contributed by atoms with Gasteiger partial charge < -0.3 is 4.74 Å². The van der Waals surface area contributed by atoms with Gasteiger partial charge in [-0.1, -0.05) is 17.7 Å². The highest BCUT2D eigenvalue weighted by Crippen LogP contribution is 2.22. The largest absolute Gasteiger partial charge is 0.367 e. The normalized spacial score (nSPS) is 19.5. The monoisotopic (exact) mass is 324 g/mol. The van der Waals surface area contributed by atoms with Crippen molar-refractivity contribution >= 4 is 11.6 Å². The van der Waals surface area contributed by atoms with Crippen LogP contribution in [0.4, 0.5) is 4.39 Å². The van der Waals surface area contributed by atoms with E-state index in [1.54, 1.807) is 12.1 Å². The molecule has 0 aliphatic carbocycles. The Bertz CT molecular complexity index is 628. The number of halogens is 2. The predicted octanol–water partition coefficient (Wildman–Crippen LogP) is 2.52. The number of benzene rings is 1. The molecule has 1 saturated heterocycles. The number of H-pyrrole nitrogens is 1. The van der Waals surface area contributed by atoms with Crippen LogP contribution >= 0.6 is 11.6 Å². The van der Waals surface area contributed by atoms with E-state index >= 15 is 0 Å². The van der Waals surface area contributed by atoms with Crippen molar-refractivity contribution in [1.82, 2.24) is 20.1 Å². The summed E-state index contributed by atoms with van der Waals surface area (Å²) < 4.78 is 19.5. The molecule has 2 aromatic rings. The second-order valence-electron chi connectivity index (χ2n) is 5.39. The first-order valence-corrected chi connectivity index (χ1v) is 7.67. The molecule has 2 heterocycles. The number of ether oxygens (including phenoxy) is 1. The van der Waals surface area contributed by atoms with E-state index < -0.39 is 0 Å². The number of nitrogens with zero attached hydrogens (tertiary/aromatic N) is 3. The lowest BCUT2D eigenvalue weighted by Crippen LogP contribution is -2.39. The minimum absolute atomic E-state index is 0.144. The molecule has 1 aliphatic heterocycles. The maximum absolute atomic E-state index is 13.8. The molecule has 3 rings (SSSR count). The summed E-state index contributed by atoms with van der Waals surface area (Å²) in [5, 5.41) is 7.46. The molecule has 1 fully saturated rings. The standard InChI is InChI=1S/C15H18ClFN4O/c1-10-18-15(20-19-10)14-9-21(7-8-22-14)6-5-11-12(16)3-2-4-13(11)17/h2-4,14H,5-9H2,1H3,(H,18,19,20)/t14-/m1/s1. The number of hydrogen-bond donors (Lipinski definition) is 1. The van der Waals surface area contributed by atoms with Crippen LogP contribution in [0.25, 0.3) is 0 Å². The highest BCUT2D eigenvalue weighted by atomic mass is 35.5.